The molecule has 1 heterocycles. The van der Waals surface area contributed by atoms with E-state index < -0.39 is 0 Å². The van der Waals surface area contributed by atoms with E-state index in [-0.39, 0.29) is 0 Å². The summed E-state index contributed by atoms with van der Waals surface area (Å²) in [4.78, 5) is 1.21. The SMILES string of the molecule is CSc1ccccc1-n1cc(CNCC2CC2)nn1. The Morgan fingerprint density at radius 3 is 3.00 bits per heavy atom. The third-order valence-electron chi connectivity index (χ3n) is 3.31. The minimum absolute atomic E-state index is 0.804. The molecule has 19 heavy (non-hydrogen) atoms. The van der Waals surface area contributed by atoms with Crippen LogP contribution in [0.5, 0.6) is 0 Å². The lowest BCUT2D eigenvalue weighted by molar-refractivity contribution is 0.628. The van der Waals surface area contributed by atoms with Crippen molar-refractivity contribution in [2.75, 3.05) is 12.8 Å². The highest BCUT2D eigenvalue weighted by Crippen LogP contribution is 2.27. The number of rotatable bonds is 6. The minimum Gasteiger partial charge on any atom is -0.311 e. The maximum Gasteiger partial charge on any atom is 0.0969 e. The molecule has 5 heteroatoms. The highest BCUT2D eigenvalue weighted by molar-refractivity contribution is 7.98. The van der Waals surface area contributed by atoms with E-state index >= 15 is 0 Å². The molecule has 0 atom stereocenters. The van der Waals surface area contributed by atoms with Gasteiger partial charge in [0.2, 0.25) is 0 Å². The average molecular weight is 274 g/mol. The summed E-state index contributed by atoms with van der Waals surface area (Å²) >= 11 is 1.73. The molecule has 3 rings (SSSR count). The van der Waals surface area contributed by atoms with Crippen molar-refractivity contribution in [3.05, 3.63) is 36.2 Å². The summed E-state index contributed by atoms with van der Waals surface area (Å²) in [6.45, 7) is 1.91. The number of nitrogens with one attached hydrogen (secondary N) is 1. The Morgan fingerprint density at radius 2 is 2.21 bits per heavy atom. The van der Waals surface area contributed by atoms with Crippen LogP contribution in [0.4, 0.5) is 0 Å². The number of hydrogen-bond donors (Lipinski definition) is 1. The van der Waals surface area contributed by atoms with Gasteiger partial charge < -0.3 is 5.32 Å². The quantitative estimate of drug-likeness (QED) is 0.822. The molecule has 0 unspecified atom stereocenters. The molecule has 2 aromatic rings. The monoisotopic (exact) mass is 274 g/mol. The summed E-state index contributed by atoms with van der Waals surface area (Å²) in [7, 11) is 0. The minimum atomic E-state index is 0.804. The Kier molecular flexibility index (Phi) is 3.84. The van der Waals surface area contributed by atoms with Gasteiger partial charge in [-0.3, -0.25) is 0 Å². The van der Waals surface area contributed by atoms with Gasteiger partial charge in [-0.15, -0.1) is 16.9 Å². The van der Waals surface area contributed by atoms with Crippen LogP contribution >= 0.6 is 11.8 Å². The molecule has 0 radical (unpaired) electrons. The van der Waals surface area contributed by atoms with Crippen molar-refractivity contribution in [1.29, 1.82) is 0 Å². The lowest BCUT2D eigenvalue weighted by atomic mass is 10.3. The number of para-hydroxylation sites is 1. The van der Waals surface area contributed by atoms with Crippen LogP contribution in [0.2, 0.25) is 0 Å². The molecule has 1 saturated carbocycles. The first-order valence-corrected chi connectivity index (χ1v) is 7.84. The number of hydrogen-bond acceptors (Lipinski definition) is 4. The van der Waals surface area contributed by atoms with E-state index in [2.05, 4.69) is 34.0 Å². The summed E-state index contributed by atoms with van der Waals surface area (Å²) < 4.78 is 1.86. The van der Waals surface area contributed by atoms with Crippen LogP contribution in [0.3, 0.4) is 0 Å². The molecule has 1 aliphatic carbocycles. The third kappa shape index (κ3) is 3.16. The van der Waals surface area contributed by atoms with E-state index in [1.807, 2.05) is 23.0 Å². The molecule has 0 amide bonds. The van der Waals surface area contributed by atoms with Gasteiger partial charge in [0, 0.05) is 11.4 Å². The lowest BCUT2D eigenvalue weighted by Gasteiger charge is -2.05. The molecule has 0 spiro atoms. The number of nitrogens with zero attached hydrogens (tertiary/aromatic N) is 3. The summed E-state index contributed by atoms with van der Waals surface area (Å²) in [5.41, 5.74) is 2.09. The van der Waals surface area contributed by atoms with Gasteiger partial charge in [-0.2, -0.15) is 0 Å². The molecule has 1 aromatic carbocycles. The Bertz CT molecular complexity index is 548. The normalized spacial score (nSPS) is 14.8. The fourth-order valence-electron chi connectivity index (χ4n) is 2.04. The van der Waals surface area contributed by atoms with Crippen molar-refractivity contribution in [1.82, 2.24) is 20.3 Å². The predicted molar refractivity (Wildman–Crippen MR) is 77.6 cm³/mol. The highest BCUT2D eigenvalue weighted by Gasteiger charge is 2.20. The molecule has 0 aliphatic heterocycles. The van der Waals surface area contributed by atoms with Crippen molar-refractivity contribution < 1.29 is 0 Å². The fourth-order valence-corrected chi connectivity index (χ4v) is 2.63. The van der Waals surface area contributed by atoms with E-state index in [1.165, 1.54) is 17.7 Å². The molecule has 1 aliphatic rings. The summed E-state index contributed by atoms with van der Waals surface area (Å²) in [5, 5.41) is 11.9. The Labute approximate surface area is 117 Å². The van der Waals surface area contributed by atoms with Gasteiger partial charge in [-0.05, 0) is 43.7 Å². The van der Waals surface area contributed by atoms with Gasteiger partial charge in [-0.25, -0.2) is 4.68 Å². The van der Waals surface area contributed by atoms with Gasteiger partial charge >= 0.3 is 0 Å². The third-order valence-corrected chi connectivity index (χ3v) is 4.09. The standard InChI is InChI=1S/C14H18N4S/c1-19-14-5-3-2-4-13(14)18-10-12(16-17-18)9-15-8-11-6-7-11/h2-5,10-11,15H,6-9H2,1H3. The summed E-state index contributed by atoms with van der Waals surface area (Å²) in [6, 6.07) is 8.25. The fraction of sp³-hybridized carbons (Fsp3) is 0.429. The first-order valence-electron chi connectivity index (χ1n) is 6.62. The lowest BCUT2D eigenvalue weighted by Crippen LogP contribution is -2.16. The molecular weight excluding hydrogens is 256 g/mol. The van der Waals surface area contributed by atoms with Crippen molar-refractivity contribution in [3.8, 4) is 5.69 Å². The zero-order valence-electron chi connectivity index (χ0n) is 11.0. The van der Waals surface area contributed by atoms with Gasteiger partial charge in [0.25, 0.3) is 0 Å². The predicted octanol–water partition coefficient (Wildman–Crippen LogP) is 2.49. The molecular formula is C14H18N4S. The molecule has 1 aromatic heterocycles. The van der Waals surface area contributed by atoms with Gasteiger partial charge in [0.15, 0.2) is 0 Å². The van der Waals surface area contributed by atoms with Crippen molar-refractivity contribution in [2.24, 2.45) is 5.92 Å². The van der Waals surface area contributed by atoms with Crippen LogP contribution in [-0.4, -0.2) is 27.8 Å². The second kappa shape index (κ2) is 5.75. The van der Waals surface area contributed by atoms with E-state index in [9.17, 15) is 0 Å². The number of aromatic nitrogens is 3. The zero-order valence-corrected chi connectivity index (χ0v) is 11.9. The van der Waals surface area contributed by atoms with Gasteiger partial charge in [-0.1, -0.05) is 17.3 Å². The average Bonchev–Trinajstić information content (AvgIpc) is 3.15. The smallest absolute Gasteiger partial charge is 0.0969 e. The maximum atomic E-state index is 4.23. The van der Waals surface area contributed by atoms with Crippen LogP contribution in [-0.2, 0) is 6.54 Å². The van der Waals surface area contributed by atoms with E-state index in [0.717, 1.165) is 30.4 Å². The van der Waals surface area contributed by atoms with Crippen LogP contribution < -0.4 is 5.32 Å². The van der Waals surface area contributed by atoms with Crippen LogP contribution in [0.25, 0.3) is 5.69 Å². The molecule has 0 saturated heterocycles. The zero-order chi connectivity index (χ0) is 13.1. The van der Waals surface area contributed by atoms with Gasteiger partial charge in [0.05, 0.1) is 17.6 Å². The largest absolute Gasteiger partial charge is 0.311 e. The van der Waals surface area contributed by atoms with E-state index in [4.69, 9.17) is 0 Å². The van der Waals surface area contributed by atoms with Crippen molar-refractivity contribution in [2.45, 2.75) is 24.3 Å². The highest BCUT2D eigenvalue weighted by atomic mass is 32.2. The number of thioether (sulfide) groups is 1. The molecule has 100 valence electrons. The van der Waals surface area contributed by atoms with Crippen molar-refractivity contribution in [3.63, 3.8) is 0 Å². The first-order chi connectivity index (χ1) is 9.36. The second-order valence-electron chi connectivity index (χ2n) is 4.90. The van der Waals surface area contributed by atoms with Crippen LogP contribution in [0.15, 0.2) is 35.4 Å². The Hall–Kier alpha value is -1.33. The maximum absolute atomic E-state index is 4.23. The van der Waals surface area contributed by atoms with Crippen LogP contribution in [0.1, 0.15) is 18.5 Å². The van der Waals surface area contributed by atoms with E-state index in [1.54, 1.807) is 11.8 Å². The molecule has 0 bridgehead atoms. The summed E-state index contributed by atoms with van der Waals surface area (Å²) in [6.07, 6.45) is 6.84. The Balaban J connectivity index is 1.68. The van der Waals surface area contributed by atoms with Gasteiger partial charge in [0.1, 0.15) is 0 Å². The Morgan fingerprint density at radius 1 is 1.37 bits per heavy atom. The van der Waals surface area contributed by atoms with E-state index in [0.29, 0.717) is 0 Å². The molecule has 1 fully saturated rings. The topological polar surface area (TPSA) is 42.7 Å². The van der Waals surface area contributed by atoms with Crippen molar-refractivity contribution >= 4 is 11.8 Å². The summed E-state index contributed by atoms with van der Waals surface area (Å²) in [5.74, 6) is 0.896. The first kappa shape index (κ1) is 12.7. The molecule has 4 nitrogen and oxygen atoms in total. The number of benzene rings is 1. The molecule has 1 N–H and O–H groups in total. The van der Waals surface area contributed by atoms with Crippen LogP contribution in [0, 0.1) is 5.92 Å². The second-order valence-corrected chi connectivity index (χ2v) is 5.75.